The molecule has 0 spiro atoms. The predicted molar refractivity (Wildman–Crippen MR) is 76.1 cm³/mol. The molecule has 3 heteroatoms. The first-order chi connectivity index (χ1) is 9.65. The van der Waals surface area contributed by atoms with Crippen LogP contribution in [-0.4, -0.2) is 27.5 Å². The zero-order valence-electron chi connectivity index (χ0n) is 12.0. The highest BCUT2D eigenvalue weighted by Gasteiger charge is 2.52. The summed E-state index contributed by atoms with van der Waals surface area (Å²) in [6.07, 6.45) is 7.56. The van der Waals surface area contributed by atoms with Gasteiger partial charge in [-0.2, -0.15) is 0 Å². The van der Waals surface area contributed by atoms with Crippen molar-refractivity contribution in [2.24, 2.45) is 29.6 Å². The van der Waals surface area contributed by atoms with Crippen LogP contribution in [0.15, 0.2) is 11.3 Å². The maximum Gasteiger partial charge on any atom is 0.0918 e. The van der Waals surface area contributed by atoms with Crippen molar-refractivity contribution in [3.63, 3.8) is 0 Å². The lowest BCUT2D eigenvalue weighted by molar-refractivity contribution is -0.0807. The first kappa shape index (κ1) is 13.1. The van der Waals surface area contributed by atoms with E-state index in [0.717, 1.165) is 32.1 Å². The van der Waals surface area contributed by atoms with Crippen molar-refractivity contribution in [1.82, 2.24) is 0 Å². The van der Waals surface area contributed by atoms with E-state index in [1.165, 1.54) is 18.4 Å². The van der Waals surface area contributed by atoms with E-state index >= 15 is 0 Å². The fourth-order valence-corrected chi connectivity index (χ4v) is 6.00. The summed E-state index contributed by atoms with van der Waals surface area (Å²) in [6.45, 7) is 0. The van der Waals surface area contributed by atoms with E-state index in [2.05, 4.69) is 0 Å². The molecule has 4 aliphatic rings. The maximum atomic E-state index is 10.7. The van der Waals surface area contributed by atoms with Crippen molar-refractivity contribution in [3.05, 3.63) is 11.3 Å². The lowest BCUT2D eigenvalue weighted by Crippen LogP contribution is -2.49. The molecule has 0 amide bonds. The molecule has 0 heterocycles. The number of aliphatic hydroxyl groups is 3. The summed E-state index contributed by atoms with van der Waals surface area (Å²) in [4.78, 5) is 0. The molecule has 3 saturated carbocycles. The monoisotopic (exact) mass is 278 g/mol. The summed E-state index contributed by atoms with van der Waals surface area (Å²) >= 11 is 0. The number of fused-ring (bicyclic) bond motifs is 5. The van der Waals surface area contributed by atoms with E-state index in [0.29, 0.717) is 41.8 Å². The lowest BCUT2D eigenvalue weighted by atomic mass is 9.53. The van der Waals surface area contributed by atoms with Crippen molar-refractivity contribution in [2.45, 2.75) is 63.6 Å². The van der Waals surface area contributed by atoms with E-state index in [1.807, 2.05) is 0 Å². The molecule has 4 aliphatic carbocycles. The molecule has 7 unspecified atom stereocenters. The Morgan fingerprint density at radius 1 is 0.900 bits per heavy atom. The van der Waals surface area contributed by atoms with Gasteiger partial charge < -0.3 is 15.3 Å². The molecule has 20 heavy (non-hydrogen) atoms. The van der Waals surface area contributed by atoms with Crippen LogP contribution < -0.4 is 0 Å². The molecule has 0 aromatic rings. The summed E-state index contributed by atoms with van der Waals surface area (Å²) in [6, 6.07) is 0. The Morgan fingerprint density at radius 3 is 2.55 bits per heavy atom. The minimum Gasteiger partial charge on any atom is -0.512 e. The molecule has 7 atom stereocenters. The second kappa shape index (κ2) is 4.74. The Kier molecular flexibility index (Phi) is 3.11. The Morgan fingerprint density at radius 2 is 1.70 bits per heavy atom. The molecular formula is C17H26O3. The molecule has 0 aliphatic heterocycles. The molecule has 112 valence electrons. The van der Waals surface area contributed by atoms with Crippen LogP contribution in [0, 0.1) is 29.6 Å². The highest BCUT2D eigenvalue weighted by molar-refractivity contribution is 5.24. The van der Waals surface area contributed by atoms with Crippen molar-refractivity contribution < 1.29 is 15.3 Å². The van der Waals surface area contributed by atoms with Crippen molar-refractivity contribution in [1.29, 1.82) is 0 Å². The van der Waals surface area contributed by atoms with Gasteiger partial charge in [-0.05, 0) is 80.1 Å². The van der Waals surface area contributed by atoms with Crippen LogP contribution in [0.3, 0.4) is 0 Å². The summed E-state index contributed by atoms with van der Waals surface area (Å²) in [5, 5.41) is 30.6. The Labute approximate surface area is 120 Å². The second-order valence-corrected chi connectivity index (χ2v) is 7.60. The quantitative estimate of drug-likeness (QED) is 0.638. The molecule has 0 aromatic carbocycles. The van der Waals surface area contributed by atoms with Gasteiger partial charge in [-0.1, -0.05) is 0 Å². The SMILES string of the molecule is OC1=C2CC(O)C3C4CCC(O)CC4CCC3C2CC1. The van der Waals surface area contributed by atoms with Crippen molar-refractivity contribution >= 4 is 0 Å². The average Bonchev–Trinajstić information content (AvgIpc) is 2.80. The van der Waals surface area contributed by atoms with Crippen LogP contribution in [0.2, 0.25) is 0 Å². The van der Waals surface area contributed by atoms with Gasteiger partial charge in [0.2, 0.25) is 0 Å². The smallest absolute Gasteiger partial charge is 0.0918 e. The van der Waals surface area contributed by atoms with Gasteiger partial charge in [-0.3, -0.25) is 0 Å². The van der Waals surface area contributed by atoms with Gasteiger partial charge in [0.05, 0.1) is 18.0 Å². The number of hydrogen-bond acceptors (Lipinski definition) is 3. The van der Waals surface area contributed by atoms with Gasteiger partial charge >= 0.3 is 0 Å². The molecule has 0 bridgehead atoms. The highest BCUT2D eigenvalue weighted by atomic mass is 16.3. The van der Waals surface area contributed by atoms with E-state index in [-0.39, 0.29) is 12.2 Å². The van der Waals surface area contributed by atoms with Gasteiger partial charge in [0.1, 0.15) is 0 Å². The van der Waals surface area contributed by atoms with E-state index < -0.39 is 0 Å². The van der Waals surface area contributed by atoms with E-state index in [9.17, 15) is 15.3 Å². The van der Waals surface area contributed by atoms with Gasteiger partial charge in [0.15, 0.2) is 0 Å². The number of hydrogen-bond donors (Lipinski definition) is 3. The molecule has 0 radical (unpaired) electrons. The Balaban J connectivity index is 1.62. The van der Waals surface area contributed by atoms with Gasteiger partial charge in [0.25, 0.3) is 0 Å². The summed E-state index contributed by atoms with van der Waals surface area (Å²) in [5.74, 6) is 3.34. The van der Waals surface area contributed by atoms with Gasteiger partial charge in [-0.15, -0.1) is 0 Å². The minimum absolute atomic E-state index is 0.112. The Bertz CT molecular complexity index is 430. The van der Waals surface area contributed by atoms with Crippen molar-refractivity contribution in [3.8, 4) is 0 Å². The molecule has 3 nitrogen and oxygen atoms in total. The molecule has 3 N–H and O–H groups in total. The zero-order chi connectivity index (χ0) is 13.9. The molecule has 3 fully saturated rings. The fourth-order valence-electron chi connectivity index (χ4n) is 6.00. The van der Waals surface area contributed by atoms with Crippen LogP contribution in [-0.2, 0) is 0 Å². The zero-order valence-corrected chi connectivity index (χ0v) is 12.0. The number of allylic oxidation sites excluding steroid dienone is 1. The average molecular weight is 278 g/mol. The van der Waals surface area contributed by atoms with Crippen molar-refractivity contribution in [2.75, 3.05) is 0 Å². The maximum absolute atomic E-state index is 10.7. The van der Waals surface area contributed by atoms with Crippen LogP contribution in [0.5, 0.6) is 0 Å². The van der Waals surface area contributed by atoms with E-state index in [1.54, 1.807) is 0 Å². The van der Waals surface area contributed by atoms with Crippen LogP contribution in [0.1, 0.15) is 51.4 Å². The number of aliphatic hydroxyl groups excluding tert-OH is 3. The third kappa shape index (κ3) is 1.86. The minimum atomic E-state index is -0.269. The molecule has 4 rings (SSSR count). The van der Waals surface area contributed by atoms with Gasteiger partial charge in [0, 0.05) is 6.42 Å². The topological polar surface area (TPSA) is 60.7 Å². The van der Waals surface area contributed by atoms with E-state index in [4.69, 9.17) is 0 Å². The molecule has 0 aromatic heterocycles. The highest BCUT2D eigenvalue weighted by Crippen LogP contribution is 2.57. The molecule has 0 saturated heterocycles. The Hall–Kier alpha value is -0.540. The molecular weight excluding hydrogens is 252 g/mol. The number of rotatable bonds is 0. The summed E-state index contributed by atoms with van der Waals surface area (Å²) in [5.41, 5.74) is 1.17. The first-order valence-corrected chi connectivity index (χ1v) is 8.42. The lowest BCUT2D eigenvalue weighted by Gasteiger charge is -2.53. The third-order valence-electron chi connectivity index (χ3n) is 6.77. The summed E-state index contributed by atoms with van der Waals surface area (Å²) in [7, 11) is 0. The predicted octanol–water partition coefficient (Wildman–Crippen LogP) is 2.78. The largest absolute Gasteiger partial charge is 0.512 e. The first-order valence-electron chi connectivity index (χ1n) is 8.42. The van der Waals surface area contributed by atoms with Gasteiger partial charge in [-0.25, -0.2) is 0 Å². The normalized spacial score (nSPS) is 51.4. The fraction of sp³-hybridized carbons (Fsp3) is 0.882. The standard InChI is InChI=1S/C17H26O3/c18-10-2-4-11-9(7-10)1-3-13-12-5-6-15(19)14(12)8-16(20)17(11)13/h9-13,16-20H,1-8H2. The van der Waals surface area contributed by atoms with Crippen LogP contribution in [0.4, 0.5) is 0 Å². The summed E-state index contributed by atoms with van der Waals surface area (Å²) < 4.78 is 0. The second-order valence-electron chi connectivity index (χ2n) is 7.60. The third-order valence-corrected chi connectivity index (χ3v) is 6.77. The van der Waals surface area contributed by atoms with Crippen LogP contribution in [0.25, 0.3) is 0 Å². The van der Waals surface area contributed by atoms with Crippen LogP contribution >= 0.6 is 0 Å².